The molecule has 5 heteroatoms. The number of methoxy groups -OCH3 is 1. The Bertz CT molecular complexity index is 690. The van der Waals surface area contributed by atoms with Crippen LogP contribution in [0.5, 0.6) is 5.75 Å². The molecular weight excluding hydrogens is 256 g/mol. The summed E-state index contributed by atoms with van der Waals surface area (Å²) in [5.74, 6) is -0.537. The van der Waals surface area contributed by atoms with Gasteiger partial charge in [-0.3, -0.25) is 0 Å². The van der Waals surface area contributed by atoms with Gasteiger partial charge in [-0.05, 0) is 24.3 Å². The van der Waals surface area contributed by atoms with Gasteiger partial charge < -0.3 is 15.2 Å². The van der Waals surface area contributed by atoms with Crippen LogP contribution in [0.2, 0.25) is 0 Å². The predicted molar refractivity (Wildman–Crippen MR) is 74.4 cm³/mol. The first kappa shape index (κ1) is 13.4. The van der Waals surface area contributed by atoms with E-state index in [9.17, 15) is 4.79 Å². The van der Waals surface area contributed by atoms with E-state index in [-0.39, 0.29) is 5.56 Å². The summed E-state index contributed by atoms with van der Waals surface area (Å²) in [7, 11) is 1.49. The Morgan fingerprint density at radius 3 is 2.65 bits per heavy atom. The van der Waals surface area contributed by atoms with Gasteiger partial charge >= 0.3 is 5.97 Å². The second-order valence-corrected chi connectivity index (χ2v) is 4.00. The van der Waals surface area contributed by atoms with Crippen LogP contribution >= 0.6 is 0 Å². The molecule has 2 rings (SSSR count). The number of hydrogen-bond acceptors (Lipinski definition) is 4. The minimum absolute atomic E-state index is 0.166. The molecule has 0 spiro atoms. The number of rotatable bonds is 4. The van der Waals surface area contributed by atoms with Crippen LogP contribution in [-0.4, -0.2) is 18.2 Å². The summed E-state index contributed by atoms with van der Waals surface area (Å²) in [5, 5.41) is 21.0. The van der Waals surface area contributed by atoms with Crippen molar-refractivity contribution in [2.45, 2.75) is 0 Å². The van der Waals surface area contributed by atoms with Gasteiger partial charge in [0, 0.05) is 6.07 Å². The molecule has 2 aromatic carbocycles. The fourth-order valence-corrected chi connectivity index (χ4v) is 1.79. The van der Waals surface area contributed by atoms with Crippen LogP contribution in [0.15, 0.2) is 42.5 Å². The minimum atomic E-state index is -1.01. The number of benzene rings is 2. The third kappa shape index (κ3) is 2.70. The van der Waals surface area contributed by atoms with Crippen LogP contribution < -0.4 is 10.1 Å². The van der Waals surface area contributed by atoms with Gasteiger partial charge in [-0.15, -0.1) is 0 Å². The second-order valence-electron chi connectivity index (χ2n) is 4.00. The second kappa shape index (κ2) is 5.76. The average molecular weight is 268 g/mol. The molecule has 0 amide bonds. The maximum Gasteiger partial charge on any atom is 0.337 e. The van der Waals surface area contributed by atoms with Crippen molar-refractivity contribution in [3.05, 3.63) is 53.6 Å². The highest BCUT2D eigenvalue weighted by molar-refractivity contribution is 5.95. The third-order valence-corrected chi connectivity index (χ3v) is 2.76. The Morgan fingerprint density at radius 1 is 1.25 bits per heavy atom. The van der Waals surface area contributed by atoms with Crippen LogP contribution in [0.1, 0.15) is 15.9 Å². The first-order chi connectivity index (χ1) is 9.65. The summed E-state index contributed by atoms with van der Waals surface area (Å²) in [6.07, 6.45) is 0. The van der Waals surface area contributed by atoms with E-state index in [0.29, 0.717) is 22.7 Å². The molecule has 0 saturated heterocycles. The van der Waals surface area contributed by atoms with Gasteiger partial charge in [-0.25, -0.2) is 4.79 Å². The standard InChI is InChI=1S/C15H12N2O3/c1-20-14-8-10(9-16)6-7-13(14)17-12-5-3-2-4-11(12)15(18)19/h2-8,17H,1H3,(H,18,19). The van der Waals surface area contributed by atoms with E-state index in [1.165, 1.54) is 13.2 Å². The molecule has 0 aliphatic heterocycles. The van der Waals surface area contributed by atoms with Crippen LogP contribution in [0.25, 0.3) is 0 Å². The molecule has 0 radical (unpaired) electrons. The van der Waals surface area contributed by atoms with Gasteiger partial charge in [0.1, 0.15) is 5.75 Å². The Hall–Kier alpha value is -3.00. The number of aromatic carboxylic acids is 1. The van der Waals surface area contributed by atoms with Gasteiger partial charge in [-0.1, -0.05) is 12.1 Å². The molecule has 0 atom stereocenters. The van der Waals surface area contributed by atoms with Gasteiger partial charge in [-0.2, -0.15) is 5.26 Å². The van der Waals surface area contributed by atoms with E-state index in [4.69, 9.17) is 15.1 Å². The van der Waals surface area contributed by atoms with Crippen LogP contribution in [0.3, 0.4) is 0 Å². The lowest BCUT2D eigenvalue weighted by atomic mass is 10.1. The molecular formula is C15H12N2O3. The van der Waals surface area contributed by atoms with E-state index in [0.717, 1.165) is 0 Å². The fourth-order valence-electron chi connectivity index (χ4n) is 1.79. The zero-order valence-electron chi connectivity index (χ0n) is 10.8. The lowest BCUT2D eigenvalue weighted by Gasteiger charge is -2.13. The number of para-hydroxylation sites is 1. The fraction of sp³-hybridized carbons (Fsp3) is 0.0667. The van der Waals surface area contributed by atoms with Crippen molar-refractivity contribution in [3.63, 3.8) is 0 Å². The van der Waals surface area contributed by atoms with E-state index < -0.39 is 5.97 Å². The number of hydrogen-bond donors (Lipinski definition) is 2. The number of nitrogens with zero attached hydrogens (tertiary/aromatic N) is 1. The van der Waals surface area contributed by atoms with Crippen LogP contribution in [0.4, 0.5) is 11.4 Å². The first-order valence-electron chi connectivity index (χ1n) is 5.83. The van der Waals surface area contributed by atoms with Gasteiger partial charge in [0.05, 0.1) is 35.7 Å². The van der Waals surface area contributed by atoms with E-state index >= 15 is 0 Å². The molecule has 0 bridgehead atoms. The summed E-state index contributed by atoms with van der Waals surface area (Å²) < 4.78 is 5.20. The zero-order valence-corrected chi connectivity index (χ0v) is 10.8. The lowest BCUT2D eigenvalue weighted by molar-refractivity contribution is 0.0698. The molecule has 5 nitrogen and oxygen atoms in total. The Labute approximate surface area is 116 Å². The monoisotopic (exact) mass is 268 g/mol. The Morgan fingerprint density at radius 2 is 2.00 bits per heavy atom. The first-order valence-corrected chi connectivity index (χ1v) is 5.83. The summed E-state index contributed by atoms with van der Waals surface area (Å²) in [6.45, 7) is 0. The molecule has 20 heavy (non-hydrogen) atoms. The molecule has 2 N–H and O–H groups in total. The molecule has 0 saturated carbocycles. The summed E-state index contributed by atoms with van der Waals surface area (Å²) >= 11 is 0. The van der Waals surface area contributed by atoms with Crippen molar-refractivity contribution in [2.75, 3.05) is 12.4 Å². The lowest BCUT2D eigenvalue weighted by Crippen LogP contribution is -2.03. The number of carboxylic acids is 1. The molecule has 0 aliphatic rings. The molecule has 2 aromatic rings. The van der Waals surface area contributed by atoms with Crippen molar-refractivity contribution < 1.29 is 14.6 Å². The average Bonchev–Trinajstić information content (AvgIpc) is 2.48. The molecule has 0 aromatic heterocycles. The van der Waals surface area contributed by atoms with E-state index in [2.05, 4.69) is 5.32 Å². The molecule has 100 valence electrons. The Kier molecular flexibility index (Phi) is 3.87. The minimum Gasteiger partial charge on any atom is -0.495 e. The highest BCUT2D eigenvalue weighted by atomic mass is 16.5. The van der Waals surface area contributed by atoms with Crippen molar-refractivity contribution in [3.8, 4) is 11.8 Å². The number of carboxylic acid groups (broad SMARTS) is 1. The van der Waals surface area contributed by atoms with Crippen LogP contribution in [-0.2, 0) is 0 Å². The van der Waals surface area contributed by atoms with Crippen molar-refractivity contribution in [1.82, 2.24) is 0 Å². The number of anilines is 2. The number of ether oxygens (including phenoxy) is 1. The third-order valence-electron chi connectivity index (χ3n) is 2.76. The molecule has 0 aliphatic carbocycles. The Balaban J connectivity index is 2.40. The largest absolute Gasteiger partial charge is 0.495 e. The maximum atomic E-state index is 11.2. The maximum absolute atomic E-state index is 11.2. The number of carbonyl (C=O) groups is 1. The highest BCUT2D eigenvalue weighted by Crippen LogP contribution is 2.29. The van der Waals surface area contributed by atoms with Gasteiger partial charge in [0.2, 0.25) is 0 Å². The van der Waals surface area contributed by atoms with Gasteiger partial charge in [0.25, 0.3) is 0 Å². The zero-order chi connectivity index (χ0) is 14.5. The molecule has 0 fully saturated rings. The topological polar surface area (TPSA) is 82.3 Å². The van der Waals surface area contributed by atoms with Gasteiger partial charge in [0.15, 0.2) is 0 Å². The number of nitrogens with one attached hydrogen (secondary N) is 1. The smallest absolute Gasteiger partial charge is 0.337 e. The van der Waals surface area contributed by atoms with Crippen LogP contribution in [0, 0.1) is 11.3 Å². The summed E-state index contributed by atoms with van der Waals surface area (Å²) in [5.41, 5.74) is 1.70. The van der Waals surface area contributed by atoms with E-state index in [1.54, 1.807) is 36.4 Å². The summed E-state index contributed by atoms with van der Waals surface area (Å²) in [4.78, 5) is 11.2. The van der Waals surface area contributed by atoms with Crippen molar-refractivity contribution in [1.29, 1.82) is 5.26 Å². The summed E-state index contributed by atoms with van der Waals surface area (Å²) in [6, 6.07) is 13.5. The van der Waals surface area contributed by atoms with E-state index in [1.807, 2.05) is 6.07 Å². The highest BCUT2D eigenvalue weighted by Gasteiger charge is 2.11. The normalized spacial score (nSPS) is 9.60. The van der Waals surface area contributed by atoms with Crippen molar-refractivity contribution >= 4 is 17.3 Å². The molecule has 0 unspecified atom stereocenters. The quantitative estimate of drug-likeness (QED) is 0.890. The predicted octanol–water partition coefficient (Wildman–Crippen LogP) is 3.01. The number of nitriles is 1. The van der Waals surface area contributed by atoms with Crippen molar-refractivity contribution in [2.24, 2.45) is 0 Å². The molecule has 0 heterocycles. The SMILES string of the molecule is COc1cc(C#N)ccc1Nc1ccccc1C(=O)O.